The van der Waals surface area contributed by atoms with Gasteiger partial charge in [0.1, 0.15) is 5.75 Å². The third kappa shape index (κ3) is 6.96. The first kappa shape index (κ1) is 18.0. The fraction of sp³-hybridized carbons (Fsp3) is 0.667. The lowest BCUT2D eigenvalue weighted by atomic mass is 9.91. The van der Waals surface area contributed by atoms with Crippen LogP contribution in [0.15, 0.2) is 24.3 Å². The minimum Gasteiger partial charge on any atom is -0.496 e. The van der Waals surface area contributed by atoms with Crippen LogP contribution >= 0.6 is 0 Å². The molecule has 3 heteroatoms. The van der Waals surface area contributed by atoms with Crippen molar-refractivity contribution in [3.63, 3.8) is 0 Å². The molecule has 1 aromatic carbocycles. The minimum atomic E-state index is 0.165. The fourth-order valence-electron chi connectivity index (χ4n) is 2.47. The van der Waals surface area contributed by atoms with Gasteiger partial charge in [-0.05, 0) is 39.3 Å². The van der Waals surface area contributed by atoms with E-state index in [9.17, 15) is 0 Å². The highest BCUT2D eigenvalue weighted by Crippen LogP contribution is 2.22. The molecule has 1 N–H and O–H groups in total. The number of nitrogens with one attached hydrogen (secondary N) is 1. The molecule has 0 saturated heterocycles. The first-order chi connectivity index (χ1) is 9.63. The van der Waals surface area contributed by atoms with Gasteiger partial charge in [-0.1, -0.05) is 32.0 Å². The second kappa shape index (κ2) is 7.28. The molecule has 0 aliphatic carbocycles. The molecule has 0 aliphatic heterocycles. The van der Waals surface area contributed by atoms with E-state index in [1.165, 1.54) is 5.56 Å². The van der Waals surface area contributed by atoms with Crippen molar-refractivity contribution in [3.05, 3.63) is 29.8 Å². The Morgan fingerprint density at radius 1 is 1.10 bits per heavy atom. The minimum absolute atomic E-state index is 0.165. The third-order valence-electron chi connectivity index (χ3n) is 3.43. The van der Waals surface area contributed by atoms with E-state index in [0.717, 1.165) is 25.4 Å². The van der Waals surface area contributed by atoms with Crippen molar-refractivity contribution < 1.29 is 4.74 Å². The van der Waals surface area contributed by atoms with Crippen LogP contribution in [0.5, 0.6) is 5.75 Å². The molecule has 0 saturated carbocycles. The molecule has 0 spiro atoms. The number of hydrogen-bond donors (Lipinski definition) is 1. The average Bonchev–Trinajstić information content (AvgIpc) is 2.36. The molecule has 0 heterocycles. The molecule has 0 atom stereocenters. The normalized spacial score (nSPS) is 12.8. The van der Waals surface area contributed by atoms with E-state index in [-0.39, 0.29) is 11.0 Å². The van der Waals surface area contributed by atoms with E-state index in [1.54, 1.807) is 7.11 Å². The second-order valence-corrected chi connectivity index (χ2v) is 7.75. The summed E-state index contributed by atoms with van der Waals surface area (Å²) >= 11 is 0. The molecule has 0 aliphatic rings. The van der Waals surface area contributed by atoms with Gasteiger partial charge in [0.15, 0.2) is 0 Å². The summed E-state index contributed by atoms with van der Waals surface area (Å²) in [6, 6.07) is 8.24. The van der Waals surface area contributed by atoms with Crippen molar-refractivity contribution in [1.82, 2.24) is 10.2 Å². The van der Waals surface area contributed by atoms with E-state index in [0.29, 0.717) is 0 Å². The fourth-order valence-corrected chi connectivity index (χ4v) is 2.47. The quantitative estimate of drug-likeness (QED) is 0.832. The molecule has 3 nitrogen and oxygen atoms in total. The molecule has 1 aromatic rings. The molecular formula is C18H32N2O. The maximum Gasteiger partial charge on any atom is 0.123 e. The lowest BCUT2D eigenvalue weighted by molar-refractivity contribution is 0.185. The first-order valence-electron chi connectivity index (χ1n) is 7.68. The molecular weight excluding hydrogens is 260 g/mol. The largest absolute Gasteiger partial charge is 0.496 e. The first-order valence-corrected chi connectivity index (χ1v) is 7.68. The Kier molecular flexibility index (Phi) is 6.24. The molecule has 21 heavy (non-hydrogen) atoms. The van der Waals surface area contributed by atoms with Crippen molar-refractivity contribution >= 4 is 0 Å². The van der Waals surface area contributed by atoms with Crippen molar-refractivity contribution in [1.29, 1.82) is 0 Å². The summed E-state index contributed by atoms with van der Waals surface area (Å²) in [6.45, 7) is 14.2. The van der Waals surface area contributed by atoms with Crippen LogP contribution in [0.2, 0.25) is 0 Å². The number of benzene rings is 1. The highest BCUT2D eigenvalue weighted by molar-refractivity contribution is 5.33. The van der Waals surface area contributed by atoms with Gasteiger partial charge >= 0.3 is 0 Å². The lowest BCUT2D eigenvalue weighted by Gasteiger charge is -2.34. The number of methoxy groups -OCH3 is 1. The smallest absolute Gasteiger partial charge is 0.123 e. The molecule has 0 fully saturated rings. The van der Waals surface area contributed by atoms with Gasteiger partial charge in [0.05, 0.1) is 7.11 Å². The van der Waals surface area contributed by atoms with Gasteiger partial charge < -0.3 is 15.0 Å². The molecule has 0 radical (unpaired) electrons. The summed E-state index contributed by atoms with van der Waals surface area (Å²) in [5.41, 5.74) is 1.63. The Morgan fingerprint density at radius 3 is 2.29 bits per heavy atom. The van der Waals surface area contributed by atoms with Crippen molar-refractivity contribution in [3.8, 4) is 5.75 Å². The number of para-hydroxylation sites is 1. The number of ether oxygens (including phenoxy) is 1. The Morgan fingerprint density at radius 2 is 1.71 bits per heavy atom. The van der Waals surface area contributed by atoms with Crippen LogP contribution in [0.1, 0.15) is 40.2 Å². The topological polar surface area (TPSA) is 24.5 Å². The number of nitrogens with zero attached hydrogens (tertiary/aromatic N) is 1. The van der Waals surface area contributed by atoms with Gasteiger partial charge in [-0.2, -0.15) is 0 Å². The standard InChI is InChI=1S/C18H32N2O/c1-17(2,3)19-13-18(4,5)14-20(6)12-15-10-8-9-11-16(15)21-7/h8-11,19H,12-14H2,1-7H3. The Labute approximate surface area is 130 Å². The van der Waals surface area contributed by atoms with Crippen LogP contribution in [-0.2, 0) is 6.54 Å². The monoisotopic (exact) mass is 292 g/mol. The second-order valence-electron chi connectivity index (χ2n) is 7.75. The predicted octanol–water partition coefficient (Wildman–Crippen LogP) is 3.54. The van der Waals surface area contributed by atoms with Crippen LogP contribution in [0.3, 0.4) is 0 Å². The van der Waals surface area contributed by atoms with Crippen LogP contribution in [0.25, 0.3) is 0 Å². The van der Waals surface area contributed by atoms with Gasteiger partial charge in [-0.25, -0.2) is 0 Å². The molecule has 0 aromatic heterocycles. The molecule has 0 unspecified atom stereocenters. The summed E-state index contributed by atoms with van der Waals surface area (Å²) in [5, 5.41) is 3.60. The zero-order valence-corrected chi connectivity index (χ0v) is 14.8. The Balaban J connectivity index is 2.57. The Bertz CT molecular complexity index is 435. The zero-order valence-electron chi connectivity index (χ0n) is 14.8. The van der Waals surface area contributed by atoms with Crippen LogP contribution in [0.4, 0.5) is 0 Å². The molecule has 1 rings (SSSR count). The summed E-state index contributed by atoms with van der Waals surface area (Å²) in [4.78, 5) is 2.36. The number of hydrogen-bond acceptors (Lipinski definition) is 3. The number of rotatable bonds is 7. The van der Waals surface area contributed by atoms with E-state index in [4.69, 9.17) is 4.74 Å². The zero-order chi connectivity index (χ0) is 16.1. The molecule has 120 valence electrons. The van der Waals surface area contributed by atoms with Gasteiger partial charge in [-0.3, -0.25) is 0 Å². The van der Waals surface area contributed by atoms with Crippen molar-refractivity contribution in [2.24, 2.45) is 5.41 Å². The van der Waals surface area contributed by atoms with Crippen LogP contribution in [0, 0.1) is 5.41 Å². The van der Waals surface area contributed by atoms with Gasteiger partial charge in [0.2, 0.25) is 0 Å². The maximum absolute atomic E-state index is 5.43. The summed E-state index contributed by atoms with van der Waals surface area (Å²) in [5.74, 6) is 0.968. The van der Waals surface area contributed by atoms with Crippen LogP contribution < -0.4 is 10.1 Å². The summed E-state index contributed by atoms with van der Waals surface area (Å²) in [7, 11) is 3.90. The van der Waals surface area contributed by atoms with Gasteiger partial charge in [0, 0.05) is 30.7 Å². The van der Waals surface area contributed by atoms with E-state index < -0.39 is 0 Å². The highest BCUT2D eigenvalue weighted by atomic mass is 16.5. The van der Waals surface area contributed by atoms with Crippen molar-refractivity contribution in [2.45, 2.75) is 46.7 Å². The van der Waals surface area contributed by atoms with Crippen LogP contribution in [-0.4, -0.2) is 37.7 Å². The summed E-state index contributed by atoms with van der Waals surface area (Å²) in [6.07, 6.45) is 0. The highest BCUT2D eigenvalue weighted by Gasteiger charge is 2.23. The molecule has 0 bridgehead atoms. The van der Waals surface area contributed by atoms with E-state index in [1.807, 2.05) is 12.1 Å². The van der Waals surface area contributed by atoms with E-state index >= 15 is 0 Å². The van der Waals surface area contributed by atoms with Crippen molar-refractivity contribution in [2.75, 3.05) is 27.2 Å². The van der Waals surface area contributed by atoms with Gasteiger partial charge in [0.25, 0.3) is 0 Å². The van der Waals surface area contributed by atoms with E-state index in [2.05, 4.69) is 64.0 Å². The van der Waals surface area contributed by atoms with Gasteiger partial charge in [-0.15, -0.1) is 0 Å². The summed E-state index contributed by atoms with van der Waals surface area (Å²) < 4.78 is 5.43. The average molecular weight is 292 g/mol. The maximum atomic E-state index is 5.43. The SMILES string of the molecule is COc1ccccc1CN(C)CC(C)(C)CNC(C)(C)C. The lowest BCUT2D eigenvalue weighted by Crippen LogP contribution is -2.45. The predicted molar refractivity (Wildman–Crippen MR) is 90.9 cm³/mol. The Hall–Kier alpha value is -1.06. The third-order valence-corrected chi connectivity index (χ3v) is 3.43. The molecule has 0 amide bonds.